The molecule has 4 rings (SSSR count). The molecule has 0 aliphatic carbocycles. The van der Waals surface area contributed by atoms with E-state index in [0.717, 1.165) is 16.3 Å². The summed E-state index contributed by atoms with van der Waals surface area (Å²) in [6.07, 6.45) is 3.52. The van der Waals surface area contributed by atoms with Gasteiger partial charge in [0, 0.05) is 61.5 Å². The SMILES string of the molecule is CCOC(=O)C1=C(CCN2CCC(C)(F)C(CN(C=O)c3cccc(CC(C)(C)C(=O)O)c3)C2)NC(c2nccs2)=NC1. The number of amidine groups is 1. The first-order chi connectivity index (χ1) is 20.4. The second-order valence-electron chi connectivity index (χ2n) is 11.9. The number of halogens is 1. The van der Waals surface area contributed by atoms with Crippen LogP contribution in [0.3, 0.4) is 0 Å². The summed E-state index contributed by atoms with van der Waals surface area (Å²) in [5, 5.41) is 15.4. The van der Waals surface area contributed by atoms with Crippen LogP contribution < -0.4 is 10.2 Å². The predicted octanol–water partition coefficient (Wildman–Crippen LogP) is 4.07. The van der Waals surface area contributed by atoms with Gasteiger partial charge in [0.1, 0.15) is 5.67 Å². The van der Waals surface area contributed by atoms with Crippen LogP contribution >= 0.6 is 11.3 Å². The molecule has 0 saturated carbocycles. The van der Waals surface area contributed by atoms with E-state index in [2.05, 4.69) is 20.2 Å². The average molecular weight is 614 g/mol. The summed E-state index contributed by atoms with van der Waals surface area (Å²) in [6.45, 7) is 8.84. The summed E-state index contributed by atoms with van der Waals surface area (Å²) in [5.74, 6) is -1.16. The summed E-state index contributed by atoms with van der Waals surface area (Å²) in [7, 11) is 0. The molecule has 2 atom stereocenters. The van der Waals surface area contributed by atoms with Gasteiger partial charge in [-0.2, -0.15) is 0 Å². The Bertz CT molecular complexity index is 1370. The van der Waals surface area contributed by atoms with Crippen LogP contribution in [0.5, 0.6) is 0 Å². The Labute approximate surface area is 255 Å². The summed E-state index contributed by atoms with van der Waals surface area (Å²) < 4.78 is 21.1. The topological polar surface area (TPSA) is 124 Å². The summed E-state index contributed by atoms with van der Waals surface area (Å²) in [4.78, 5) is 49.0. The Kier molecular flexibility index (Phi) is 10.3. The lowest BCUT2D eigenvalue weighted by molar-refractivity contribution is -0.146. The number of aromatic nitrogens is 1. The van der Waals surface area contributed by atoms with Crippen molar-refractivity contribution in [2.75, 3.05) is 44.2 Å². The molecule has 0 spiro atoms. The number of carboxylic acid groups (broad SMARTS) is 1. The van der Waals surface area contributed by atoms with Gasteiger partial charge in [-0.05, 0) is 58.2 Å². The van der Waals surface area contributed by atoms with Gasteiger partial charge in [-0.1, -0.05) is 12.1 Å². The van der Waals surface area contributed by atoms with Crippen molar-refractivity contribution in [2.24, 2.45) is 16.3 Å². The third-order valence-corrected chi connectivity index (χ3v) is 8.90. The molecule has 12 heteroatoms. The number of piperidine rings is 1. The molecule has 1 saturated heterocycles. The standard InChI is InChI=1S/C31H40FN5O5S/c1-5-42-28(39)24-17-34-26(27-33-11-14-43-27)35-25(24)9-12-36-13-10-31(4,32)22(18-36)19-37(20-38)23-8-6-7-21(15-23)16-30(2,3)29(40)41/h6-8,11,14-15,20,22H,5,9-10,12-13,16-19H2,1-4H3,(H,34,35)(H,40,41). The number of aliphatic carboxylic acids is 1. The number of nitrogens with zero attached hydrogens (tertiary/aromatic N) is 4. The quantitative estimate of drug-likeness (QED) is 0.256. The first-order valence-corrected chi connectivity index (χ1v) is 15.4. The van der Waals surface area contributed by atoms with Crippen LogP contribution in [-0.4, -0.2) is 84.2 Å². The van der Waals surface area contributed by atoms with Gasteiger partial charge in [-0.25, -0.2) is 14.2 Å². The fourth-order valence-electron chi connectivity index (χ4n) is 5.37. The first kappa shape index (κ1) is 32.3. The lowest BCUT2D eigenvalue weighted by atomic mass is 9.83. The fourth-order valence-corrected chi connectivity index (χ4v) is 5.96. The number of rotatable bonds is 13. The molecule has 1 aromatic heterocycles. The number of likely N-dealkylation sites (tertiary alicyclic amines) is 1. The van der Waals surface area contributed by atoms with Crippen molar-refractivity contribution in [2.45, 2.75) is 52.6 Å². The maximum absolute atomic E-state index is 15.8. The zero-order chi connectivity index (χ0) is 31.2. The number of hydrogen-bond donors (Lipinski definition) is 2. The number of aliphatic imine (C=N–C) groups is 1. The normalized spacial score (nSPS) is 21.1. The van der Waals surface area contributed by atoms with Gasteiger partial charge in [-0.15, -0.1) is 11.3 Å². The van der Waals surface area contributed by atoms with Crippen molar-refractivity contribution in [3.63, 3.8) is 0 Å². The van der Waals surface area contributed by atoms with Crippen molar-refractivity contribution >= 4 is 41.2 Å². The molecule has 2 N–H and O–H groups in total. The van der Waals surface area contributed by atoms with Crippen LogP contribution in [0, 0.1) is 11.3 Å². The van der Waals surface area contributed by atoms with Gasteiger partial charge in [0.25, 0.3) is 0 Å². The second kappa shape index (κ2) is 13.8. The average Bonchev–Trinajstić information content (AvgIpc) is 3.51. The number of benzene rings is 1. The molecule has 43 heavy (non-hydrogen) atoms. The number of nitrogens with one attached hydrogen (secondary N) is 1. The van der Waals surface area contributed by atoms with E-state index in [-0.39, 0.29) is 19.7 Å². The Balaban J connectivity index is 1.45. The van der Waals surface area contributed by atoms with E-state index in [1.807, 2.05) is 11.4 Å². The van der Waals surface area contributed by atoms with Gasteiger partial charge < -0.3 is 25.0 Å². The highest BCUT2D eigenvalue weighted by Crippen LogP contribution is 2.34. The molecule has 1 amide bonds. The van der Waals surface area contributed by atoms with Gasteiger partial charge >= 0.3 is 11.9 Å². The molecule has 2 unspecified atom stereocenters. The highest BCUT2D eigenvalue weighted by molar-refractivity contribution is 7.11. The number of hydrogen-bond acceptors (Lipinski definition) is 9. The minimum Gasteiger partial charge on any atom is -0.481 e. The van der Waals surface area contributed by atoms with Crippen LogP contribution in [0.15, 0.2) is 52.1 Å². The summed E-state index contributed by atoms with van der Waals surface area (Å²) in [5.41, 5.74) is 0.143. The summed E-state index contributed by atoms with van der Waals surface area (Å²) in [6, 6.07) is 7.20. The van der Waals surface area contributed by atoms with Crippen molar-refractivity contribution in [1.82, 2.24) is 15.2 Å². The second-order valence-corrected chi connectivity index (χ2v) is 12.8. The molecule has 3 heterocycles. The highest BCUT2D eigenvalue weighted by atomic mass is 32.1. The first-order valence-electron chi connectivity index (χ1n) is 14.5. The number of amides is 1. The summed E-state index contributed by atoms with van der Waals surface area (Å²) >= 11 is 1.45. The van der Waals surface area contributed by atoms with E-state index in [9.17, 15) is 19.5 Å². The zero-order valence-corrected chi connectivity index (χ0v) is 26.0. The fraction of sp³-hybridized carbons (Fsp3) is 0.516. The van der Waals surface area contributed by atoms with Crippen LogP contribution in [-0.2, 0) is 25.5 Å². The largest absolute Gasteiger partial charge is 0.481 e. The van der Waals surface area contributed by atoms with E-state index in [1.54, 1.807) is 52.1 Å². The molecule has 2 aliphatic heterocycles. The minimum absolute atomic E-state index is 0.175. The van der Waals surface area contributed by atoms with Crippen molar-refractivity contribution in [1.29, 1.82) is 0 Å². The molecule has 0 bridgehead atoms. The van der Waals surface area contributed by atoms with E-state index in [4.69, 9.17) is 4.74 Å². The van der Waals surface area contributed by atoms with Crippen molar-refractivity contribution in [3.05, 3.63) is 57.7 Å². The third-order valence-electron chi connectivity index (χ3n) is 8.12. The molecule has 10 nitrogen and oxygen atoms in total. The number of alkyl halides is 1. The minimum atomic E-state index is -1.48. The molecule has 2 aromatic rings. The monoisotopic (exact) mass is 613 g/mol. The molecule has 1 fully saturated rings. The number of thiazole rings is 1. The molecule has 0 radical (unpaired) electrons. The van der Waals surface area contributed by atoms with Crippen LogP contribution in [0.25, 0.3) is 0 Å². The molecular weight excluding hydrogens is 573 g/mol. The Morgan fingerprint density at radius 3 is 2.84 bits per heavy atom. The van der Waals surface area contributed by atoms with E-state index < -0.39 is 28.9 Å². The maximum Gasteiger partial charge on any atom is 0.337 e. The number of esters is 1. The van der Waals surface area contributed by atoms with Gasteiger partial charge in [-0.3, -0.25) is 14.6 Å². The predicted molar refractivity (Wildman–Crippen MR) is 164 cm³/mol. The van der Waals surface area contributed by atoms with Crippen LogP contribution in [0.4, 0.5) is 10.1 Å². The maximum atomic E-state index is 15.8. The van der Waals surface area contributed by atoms with Crippen LogP contribution in [0.1, 0.15) is 51.1 Å². The van der Waals surface area contributed by atoms with E-state index in [1.165, 1.54) is 16.2 Å². The Hall–Kier alpha value is -3.64. The van der Waals surface area contributed by atoms with Crippen molar-refractivity contribution in [3.8, 4) is 0 Å². The van der Waals surface area contributed by atoms with Gasteiger partial charge in [0.05, 0.1) is 24.1 Å². The lowest BCUT2D eigenvalue weighted by Gasteiger charge is -2.42. The smallest absolute Gasteiger partial charge is 0.337 e. The highest BCUT2D eigenvalue weighted by Gasteiger charge is 2.40. The number of anilines is 1. The van der Waals surface area contributed by atoms with Gasteiger partial charge in [0.15, 0.2) is 10.8 Å². The zero-order valence-electron chi connectivity index (χ0n) is 25.1. The van der Waals surface area contributed by atoms with Crippen LogP contribution in [0.2, 0.25) is 0 Å². The third kappa shape index (κ3) is 8.05. The van der Waals surface area contributed by atoms with Gasteiger partial charge in [0.2, 0.25) is 6.41 Å². The lowest BCUT2D eigenvalue weighted by Crippen LogP contribution is -2.52. The number of carbonyl (C=O) groups is 3. The van der Waals surface area contributed by atoms with E-state index >= 15 is 4.39 Å². The Morgan fingerprint density at radius 1 is 1.37 bits per heavy atom. The number of ether oxygens (including phenoxy) is 1. The molecule has 1 aromatic carbocycles. The van der Waals surface area contributed by atoms with E-state index in [0.29, 0.717) is 62.4 Å². The van der Waals surface area contributed by atoms with Crippen molar-refractivity contribution < 1.29 is 28.6 Å². The molecule has 232 valence electrons. The molecular formula is C31H40FN5O5S. The number of carboxylic acids is 1. The Morgan fingerprint density at radius 2 is 2.16 bits per heavy atom. The molecule has 2 aliphatic rings. The number of carbonyl (C=O) groups excluding carboxylic acids is 2.